The van der Waals surface area contributed by atoms with Gasteiger partial charge < -0.3 is 23.7 Å². The molecule has 0 aliphatic heterocycles. The molecule has 3 aromatic rings. The minimum atomic E-state index is -0.280. The topological polar surface area (TPSA) is 78.1 Å². The lowest BCUT2D eigenvalue weighted by Gasteiger charge is -2.11. The van der Waals surface area contributed by atoms with Crippen LogP contribution in [0.2, 0.25) is 0 Å². The van der Waals surface area contributed by atoms with Crippen molar-refractivity contribution < 1.29 is 23.7 Å². The Morgan fingerprint density at radius 3 is 2.33 bits per heavy atom. The Morgan fingerprint density at radius 2 is 1.67 bits per heavy atom. The van der Waals surface area contributed by atoms with Crippen LogP contribution in [0.4, 0.5) is 0 Å². The molecule has 0 spiro atoms. The second kappa shape index (κ2) is 6.16. The molecule has 24 heavy (non-hydrogen) atoms. The lowest BCUT2D eigenvalue weighted by molar-refractivity contribution is 0.373. The third-order valence-corrected chi connectivity index (χ3v) is 3.77. The lowest BCUT2D eigenvalue weighted by atomic mass is 10.0. The van der Waals surface area contributed by atoms with Crippen LogP contribution in [0.1, 0.15) is 0 Å². The highest BCUT2D eigenvalue weighted by Crippen LogP contribution is 2.34. The van der Waals surface area contributed by atoms with Gasteiger partial charge in [0.2, 0.25) is 5.43 Å². The van der Waals surface area contributed by atoms with Gasteiger partial charge >= 0.3 is 0 Å². The van der Waals surface area contributed by atoms with Crippen molar-refractivity contribution in [1.82, 2.24) is 0 Å². The molecule has 6 nitrogen and oxygen atoms in total. The molecular formula is C18H16O6. The minimum absolute atomic E-state index is 0.129. The molecular weight excluding hydrogens is 312 g/mol. The molecule has 1 aromatic heterocycles. The molecule has 0 fully saturated rings. The van der Waals surface area contributed by atoms with Crippen LogP contribution in [0.5, 0.6) is 23.0 Å². The van der Waals surface area contributed by atoms with E-state index in [9.17, 15) is 9.90 Å². The average Bonchev–Trinajstić information content (AvgIpc) is 2.61. The third-order valence-electron chi connectivity index (χ3n) is 3.77. The van der Waals surface area contributed by atoms with Gasteiger partial charge in [0.1, 0.15) is 23.3 Å². The van der Waals surface area contributed by atoms with Gasteiger partial charge in [0, 0.05) is 17.7 Å². The Hall–Kier alpha value is -3.15. The van der Waals surface area contributed by atoms with Gasteiger partial charge in [-0.15, -0.1) is 0 Å². The van der Waals surface area contributed by atoms with Crippen LogP contribution in [0.25, 0.3) is 22.1 Å². The summed E-state index contributed by atoms with van der Waals surface area (Å²) in [6, 6.07) is 7.94. The van der Waals surface area contributed by atoms with Crippen LogP contribution in [-0.4, -0.2) is 26.4 Å². The number of phenolic OH excluding ortho intramolecular Hbond substituents is 1. The molecule has 0 amide bonds. The molecule has 0 aliphatic rings. The second-order valence-corrected chi connectivity index (χ2v) is 5.06. The Balaban J connectivity index is 2.25. The number of rotatable bonds is 4. The summed E-state index contributed by atoms with van der Waals surface area (Å²) in [4.78, 5) is 12.8. The number of fused-ring (bicyclic) bond motifs is 1. The maximum atomic E-state index is 12.8. The summed E-state index contributed by atoms with van der Waals surface area (Å²) in [6.45, 7) is 0. The third kappa shape index (κ3) is 2.52. The van der Waals surface area contributed by atoms with E-state index in [1.165, 1.54) is 32.6 Å². The van der Waals surface area contributed by atoms with Gasteiger partial charge in [-0.05, 0) is 18.2 Å². The summed E-state index contributed by atoms with van der Waals surface area (Å²) in [5.41, 5.74) is 0.944. The first-order valence-electron chi connectivity index (χ1n) is 7.14. The summed E-state index contributed by atoms with van der Waals surface area (Å²) >= 11 is 0. The van der Waals surface area contributed by atoms with E-state index in [2.05, 4.69) is 0 Å². The van der Waals surface area contributed by atoms with E-state index in [1.807, 2.05) is 0 Å². The summed E-state index contributed by atoms with van der Waals surface area (Å²) in [5, 5.41) is 10.2. The van der Waals surface area contributed by atoms with Crippen molar-refractivity contribution in [3.05, 3.63) is 46.8 Å². The van der Waals surface area contributed by atoms with E-state index >= 15 is 0 Å². The molecule has 6 heteroatoms. The smallest absolute Gasteiger partial charge is 0.200 e. The molecule has 0 saturated carbocycles. The number of methoxy groups -OCH3 is 3. The molecule has 0 radical (unpaired) electrons. The maximum Gasteiger partial charge on any atom is 0.200 e. The predicted molar refractivity (Wildman–Crippen MR) is 89.2 cm³/mol. The van der Waals surface area contributed by atoms with Gasteiger partial charge in [-0.3, -0.25) is 4.79 Å². The Bertz CT molecular complexity index is 958. The van der Waals surface area contributed by atoms with Crippen LogP contribution in [0, 0.1) is 0 Å². The van der Waals surface area contributed by atoms with Crippen LogP contribution in [0.15, 0.2) is 45.8 Å². The molecule has 2 aromatic carbocycles. The fraction of sp³-hybridized carbons (Fsp3) is 0.167. The SMILES string of the molecule is COc1ccc(-c2coc3cc(OC)c(O)cc3c2=O)c(OC)c1. The molecule has 0 saturated heterocycles. The molecule has 1 N–H and O–H groups in total. The predicted octanol–water partition coefficient (Wildman–Crippen LogP) is 3.19. The van der Waals surface area contributed by atoms with Crippen LogP contribution >= 0.6 is 0 Å². The van der Waals surface area contributed by atoms with Crippen molar-refractivity contribution in [3.8, 4) is 34.1 Å². The zero-order valence-corrected chi connectivity index (χ0v) is 13.5. The number of ether oxygens (including phenoxy) is 3. The first-order valence-corrected chi connectivity index (χ1v) is 7.14. The first-order chi connectivity index (χ1) is 11.6. The largest absolute Gasteiger partial charge is 0.504 e. The molecule has 1 heterocycles. The fourth-order valence-corrected chi connectivity index (χ4v) is 2.52. The Morgan fingerprint density at radius 1 is 0.917 bits per heavy atom. The Labute approximate surface area is 137 Å². The fourth-order valence-electron chi connectivity index (χ4n) is 2.52. The number of benzene rings is 2. The normalized spacial score (nSPS) is 10.6. The minimum Gasteiger partial charge on any atom is -0.504 e. The highest BCUT2D eigenvalue weighted by molar-refractivity contribution is 5.85. The van der Waals surface area contributed by atoms with Gasteiger partial charge in [-0.25, -0.2) is 0 Å². The van der Waals surface area contributed by atoms with Gasteiger partial charge in [-0.2, -0.15) is 0 Å². The zero-order chi connectivity index (χ0) is 17.3. The van der Waals surface area contributed by atoms with E-state index in [4.69, 9.17) is 18.6 Å². The van der Waals surface area contributed by atoms with E-state index < -0.39 is 0 Å². The number of aromatic hydroxyl groups is 1. The maximum absolute atomic E-state index is 12.8. The summed E-state index contributed by atoms with van der Waals surface area (Å²) < 4.78 is 21.1. The van der Waals surface area contributed by atoms with Gasteiger partial charge in [0.15, 0.2) is 11.5 Å². The molecule has 124 valence electrons. The number of hydrogen-bond acceptors (Lipinski definition) is 6. The second-order valence-electron chi connectivity index (χ2n) is 5.06. The van der Waals surface area contributed by atoms with Crippen molar-refractivity contribution in [3.63, 3.8) is 0 Å². The molecule has 0 aliphatic carbocycles. The molecule has 3 rings (SSSR count). The van der Waals surface area contributed by atoms with E-state index in [0.29, 0.717) is 28.2 Å². The van der Waals surface area contributed by atoms with E-state index in [0.717, 1.165) is 0 Å². The quantitative estimate of drug-likeness (QED) is 0.792. The van der Waals surface area contributed by atoms with Crippen molar-refractivity contribution in [1.29, 1.82) is 0 Å². The summed E-state index contributed by atoms with van der Waals surface area (Å²) in [5.74, 6) is 1.21. The van der Waals surface area contributed by atoms with E-state index in [1.54, 1.807) is 25.3 Å². The van der Waals surface area contributed by atoms with Crippen molar-refractivity contribution in [2.75, 3.05) is 21.3 Å². The highest BCUT2D eigenvalue weighted by Gasteiger charge is 2.16. The molecule has 0 atom stereocenters. The average molecular weight is 328 g/mol. The van der Waals surface area contributed by atoms with Crippen molar-refractivity contribution >= 4 is 11.0 Å². The number of phenols is 1. The van der Waals surface area contributed by atoms with Crippen LogP contribution < -0.4 is 19.6 Å². The summed E-state index contributed by atoms with van der Waals surface area (Å²) in [6.07, 6.45) is 1.37. The van der Waals surface area contributed by atoms with Crippen LogP contribution in [-0.2, 0) is 0 Å². The van der Waals surface area contributed by atoms with Gasteiger partial charge in [0.05, 0.1) is 32.3 Å². The summed E-state index contributed by atoms with van der Waals surface area (Å²) in [7, 11) is 4.49. The Kier molecular flexibility index (Phi) is 4.04. The van der Waals surface area contributed by atoms with E-state index in [-0.39, 0.29) is 22.3 Å². The van der Waals surface area contributed by atoms with Gasteiger partial charge in [-0.1, -0.05) is 0 Å². The first kappa shape index (κ1) is 15.7. The standard InChI is InChI=1S/C18H16O6/c1-21-10-4-5-11(15(6-10)22-2)13-9-24-16-8-17(23-3)14(19)7-12(16)18(13)20/h4-9,19H,1-3H3. The monoisotopic (exact) mass is 328 g/mol. The molecule has 0 unspecified atom stereocenters. The number of hydrogen-bond donors (Lipinski definition) is 1. The van der Waals surface area contributed by atoms with Crippen LogP contribution in [0.3, 0.4) is 0 Å². The molecule has 0 bridgehead atoms. The zero-order valence-electron chi connectivity index (χ0n) is 13.5. The highest BCUT2D eigenvalue weighted by atomic mass is 16.5. The van der Waals surface area contributed by atoms with Crippen molar-refractivity contribution in [2.24, 2.45) is 0 Å². The lowest BCUT2D eigenvalue weighted by Crippen LogP contribution is -2.06. The van der Waals surface area contributed by atoms with Gasteiger partial charge in [0.25, 0.3) is 0 Å². The van der Waals surface area contributed by atoms with Crippen molar-refractivity contribution in [2.45, 2.75) is 0 Å².